The number of aliphatic imine (C=N–C) groups is 2. The lowest BCUT2D eigenvalue weighted by Crippen LogP contribution is -2.46. The van der Waals surface area contributed by atoms with Crippen LogP contribution in [0, 0.1) is 5.92 Å². The van der Waals surface area contributed by atoms with Gasteiger partial charge in [-0.25, -0.2) is 4.99 Å². The second kappa shape index (κ2) is 10.8. The van der Waals surface area contributed by atoms with E-state index in [0.717, 1.165) is 30.5 Å². The number of aryl methyl sites for hydroxylation is 1. The SMILES string of the molecule is NC1=NC2=NC(CCCCc3ccc(C(=O)N[C@@H](CCC(=O)O)C(O)O)cc3)=CC2C(=O)N1. The van der Waals surface area contributed by atoms with E-state index in [4.69, 9.17) is 10.8 Å². The number of amidine groups is 1. The van der Waals surface area contributed by atoms with Gasteiger partial charge in [0.05, 0.1) is 6.04 Å². The molecule has 3 rings (SSSR count). The zero-order valence-corrected chi connectivity index (χ0v) is 17.9. The number of unbranched alkanes of at least 4 members (excludes halogenated alkanes) is 1. The summed E-state index contributed by atoms with van der Waals surface area (Å²) in [6.07, 6.45) is 2.81. The summed E-state index contributed by atoms with van der Waals surface area (Å²) in [5, 5.41) is 32.4. The first-order valence-corrected chi connectivity index (χ1v) is 10.6. The summed E-state index contributed by atoms with van der Waals surface area (Å²) in [7, 11) is 0. The van der Waals surface area contributed by atoms with E-state index < -0.39 is 30.1 Å². The maximum absolute atomic E-state index is 12.3. The third-order valence-electron chi connectivity index (χ3n) is 5.37. The highest BCUT2D eigenvalue weighted by atomic mass is 16.5. The van der Waals surface area contributed by atoms with Crippen molar-refractivity contribution in [3.05, 3.63) is 47.2 Å². The van der Waals surface area contributed by atoms with Crippen molar-refractivity contribution in [3.8, 4) is 0 Å². The third-order valence-corrected chi connectivity index (χ3v) is 5.37. The van der Waals surface area contributed by atoms with Crippen LogP contribution in [0.2, 0.25) is 0 Å². The third kappa shape index (κ3) is 6.70. The summed E-state index contributed by atoms with van der Waals surface area (Å²) in [6.45, 7) is 0. The maximum atomic E-state index is 12.3. The van der Waals surface area contributed by atoms with E-state index in [1.54, 1.807) is 18.2 Å². The summed E-state index contributed by atoms with van der Waals surface area (Å²) in [4.78, 5) is 43.3. The van der Waals surface area contributed by atoms with E-state index in [2.05, 4.69) is 20.6 Å². The summed E-state index contributed by atoms with van der Waals surface area (Å²) in [6, 6.07) is 5.85. The Balaban J connectivity index is 1.44. The molecule has 33 heavy (non-hydrogen) atoms. The van der Waals surface area contributed by atoms with Gasteiger partial charge in [0.1, 0.15) is 11.8 Å². The molecule has 2 aliphatic rings. The molecule has 0 radical (unpaired) electrons. The number of aliphatic hydroxyl groups excluding tert-OH is 1. The Morgan fingerprint density at radius 2 is 1.82 bits per heavy atom. The zero-order chi connectivity index (χ0) is 24.0. The van der Waals surface area contributed by atoms with Gasteiger partial charge in [0.25, 0.3) is 5.91 Å². The number of carbonyl (C=O) groups is 3. The molecule has 0 bridgehead atoms. The number of guanidine groups is 1. The summed E-state index contributed by atoms with van der Waals surface area (Å²) >= 11 is 0. The van der Waals surface area contributed by atoms with Gasteiger partial charge in [0.15, 0.2) is 6.29 Å². The van der Waals surface area contributed by atoms with Gasteiger partial charge in [-0.15, -0.1) is 0 Å². The second-order valence-electron chi connectivity index (χ2n) is 7.92. The standard InChI is InChI=1S/C22H27N5O6/c23-22-26-18-15(20(31)27-22)11-14(24-18)4-2-1-3-12-5-7-13(8-6-12)19(30)25-16(21(32)33)9-10-17(28)29/h5-8,11,15-16,21,32-33H,1-4,9-10H2,(H,25,30)(H,28,29)(H3,23,24,26,27,31)/t15?,16-/m0/s1. The van der Waals surface area contributed by atoms with E-state index in [-0.39, 0.29) is 24.7 Å². The summed E-state index contributed by atoms with van der Waals surface area (Å²) in [5.74, 6) is -1.79. The first-order chi connectivity index (χ1) is 15.7. The number of allylic oxidation sites excluding steroid dienone is 1. The molecule has 0 saturated heterocycles. The summed E-state index contributed by atoms with van der Waals surface area (Å²) in [5.41, 5.74) is 7.74. The average molecular weight is 457 g/mol. The molecule has 11 nitrogen and oxygen atoms in total. The molecule has 11 heteroatoms. The molecule has 0 saturated carbocycles. The lowest BCUT2D eigenvalue weighted by atomic mass is 10.0. The Bertz CT molecular complexity index is 999. The number of carbonyl (C=O) groups excluding carboxylic acids is 2. The van der Waals surface area contributed by atoms with Crippen molar-refractivity contribution in [2.24, 2.45) is 21.6 Å². The predicted molar refractivity (Wildman–Crippen MR) is 119 cm³/mol. The van der Waals surface area contributed by atoms with Gasteiger partial charge in [-0.2, -0.15) is 4.99 Å². The van der Waals surface area contributed by atoms with E-state index in [1.165, 1.54) is 0 Å². The number of hydrogen-bond donors (Lipinski definition) is 6. The van der Waals surface area contributed by atoms with Crippen molar-refractivity contribution >= 4 is 29.6 Å². The van der Waals surface area contributed by atoms with Gasteiger partial charge in [0, 0.05) is 17.7 Å². The van der Waals surface area contributed by atoms with E-state index >= 15 is 0 Å². The number of carboxylic acids is 1. The molecule has 0 aromatic heterocycles. The number of nitrogens with zero attached hydrogens (tertiary/aromatic N) is 2. The minimum atomic E-state index is -1.85. The molecule has 2 atom stereocenters. The highest BCUT2D eigenvalue weighted by molar-refractivity contribution is 6.18. The van der Waals surface area contributed by atoms with Crippen LogP contribution in [0.25, 0.3) is 0 Å². The lowest BCUT2D eigenvalue weighted by Gasteiger charge is -2.19. The molecule has 0 spiro atoms. The number of nitrogens with one attached hydrogen (secondary N) is 2. The number of benzene rings is 1. The molecule has 0 aliphatic carbocycles. The molecule has 176 valence electrons. The van der Waals surface area contributed by atoms with Crippen LogP contribution in [0.4, 0.5) is 0 Å². The van der Waals surface area contributed by atoms with Crippen molar-refractivity contribution in [3.63, 3.8) is 0 Å². The summed E-state index contributed by atoms with van der Waals surface area (Å²) < 4.78 is 0. The molecule has 1 unspecified atom stereocenters. The van der Waals surface area contributed by atoms with E-state index in [0.29, 0.717) is 17.8 Å². The quantitative estimate of drug-likeness (QED) is 0.200. The van der Waals surface area contributed by atoms with Crippen LogP contribution >= 0.6 is 0 Å². The maximum Gasteiger partial charge on any atom is 0.303 e. The van der Waals surface area contributed by atoms with Gasteiger partial charge >= 0.3 is 5.97 Å². The Morgan fingerprint density at radius 1 is 1.12 bits per heavy atom. The fourth-order valence-corrected chi connectivity index (χ4v) is 3.59. The number of nitrogens with two attached hydrogens (primary N) is 1. The number of fused-ring (bicyclic) bond motifs is 1. The van der Waals surface area contributed by atoms with Crippen LogP contribution in [0.3, 0.4) is 0 Å². The molecule has 1 aromatic carbocycles. The number of carboxylic acid groups (broad SMARTS) is 1. The number of amides is 2. The fraction of sp³-hybridized carbons (Fsp3) is 0.409. The Morgan fingerprint density at radius 3 is 2.48 bits per heavy atom. The lowest BCUT2D eigenvalue weighted by molar-refractivity contribution is -0.137. The number of rotatable bonds is 11. The van der Waals surface area contributed by atoms with Crippen molar-refractivity contribution in [1.29, 1.82) is 0 Å². The molecule has 0 fully saturated rings. The number of aliphatic carboxylic acids is 1. The van der Waals surface area contributed by atoms with Gasteiger partial charge in [-0.05, 0) is 55.9 Å². The highest BCUT2D eigenvalue weighted by Gasteiger charge is 2.31. The number of hydrogen-bond acceptors (Lipinski definition) is 8. The first-order valence-electron chi connectivity index (χ1n) is 10.6. The molecule has 7 N–H and O–H groups in total. The van der Waals surface area contributed by atoms with Crippen molar-refractivity contribution in [2.45, 2.75) is 50.9 Å². The first kappa shape index (κ1) is 24.1. The average Bonchev–Trinajstić information content (AvgIpc) is 3.17. The second-order valence-corrected chi connectivity index (χ2v) is 7.92. The minimum Gasteiger partial charge on any atom is -0.481 e. The normalized spacial score (nSPS) is 18.1. The zero-order valence-electron chi connectivity index (χ0n) is 17.9. The van der Waals surface area contributed by atoms with Crippen molar-refractivity contribution in [2.75, 3.05) is 0 Å². The largest absolute Gasteiger partial charge is 0.481 e. The fourth-order valence-electron chi connectivity index (χ4n) is 3.59. The van der Waals surface area contributed by atoms with Crippen LogP contribution in [0.15, 0.2) is 46.0 Å². The molecular formula is C22H27N5O6. The molecule has 2 amide bonds. The van der Waals surface area contributed by atoms with Gasteiger partial charge in [-0.1, -0.05) is 12.1 Å². The predicted octanol–water partition coefficient (Wildman–Crippen LogP) is 0.0300. The molecular weight excluding hydrogens is 430 g/mol. The van der Waals surface area contributed by atoms with Crippen LogP contribution in [0.1, 0.15) is 48.0 Å². The number of aliphatic hydroxyl groups is 2. The van der Waals surface area contributed by atoms with Crippen LogP contribution < -0.4 is 16.4 Å². The van der Waals surface area contributed by atoms with Crippen LogP contribution in [0.5, 0.6) is 0 Å². The van der Waals surface area contributed by atoms with Crippen molar-refractivity contribution < 1.29 is 29.7 Å². The van der Waals surface area contributed by atoms with Crippen LogP contribution in [-0.4, -0.2) is 57.2 Å². The topological polar surface area (TPSA) is 187 Å². The molecule has 2 aliphatic heterocycles. The Hall–Kier alpha value is -3.57. The minimum absolute atomic E-state index is 0.0603. The Labute approximate surface area is 190 Å². The molecule has 1 aromatic rings. The van der Waals surface area contributed by atoms with Crippen molar-refractivity contribution in [1.82, 2.24) is 10.6 Å². The van der Waals surface area contributed by atoms with Crippen LogP contribution in [-0.2, 0) is 16.0 Å². The Kier molecular flexibility index (Phi) is 7.91. The monoisotopic (exact) mass is 457 g/mol. The molecule has 2 heterocycles. The van der Waals surface area contributed by atoms with Gasteiger partial charge in [0.2, 0.25) is 11.9 Å². The smallest absolute Gasteiger partial charge is 0.303 e. The van der Waals surface area contributed by atoms with Gasteiger partial charge < -0.3 is 26.4 Å². The van der Waals surface area contributed by atoms with E-state index in [9.17, 15) is 24.6 Å². The van der Waals surface area contributed by atoms with E-state index in [1.807, 2.05) is 12.1 Å². The highest BCUT2D eigenvalue weighted by Crippen LogP contribution is 2.24. The van der Waals surface area contributed by atoms with Gasteiger partial charge in [-0.3, -0.25) is 19.7 Å².